The van der Waals surface area contributed by atoms with Gasteiger partial charge >= 0.3 is 0 Å². The van der Waals surface area contributed by atoms with Crippen LogP contribution in [0.2, 0.25) is 10.0 Å². The standard InChI is InChI=1S/C18H18Cl2N2/c19-15-2-1-3-16(20)18(15)12-4-5-17-13(10-12)11-14-6-7-21-8-9-22(14)17/h1-5,10,14,21H,6-9,11H2. The fourth-order valence-electron chi connectivity index (χ4n) is 3.67. The highest BCUT2D eigenvalue weighted by Gasteiger charge is 2.30. The third kappa shape index (κ3) is 2.40. The minimum absolute atomic E-state index is 0.627. The molecule has 4 heteroatoms. The number of rotatable bonds is 1. The molecule has 4 rings (SSSR count). The van der Waals surface area contributed by atoms with E-state index in [0.717, 1.165) is 37.2 Å². The number of nitrogens with one attached hydrogen (secondary N) is 1. The largest absolute Gasteiger partial charge is 0.367 e. The molecule has 2 aromatic carbocycles. The van der Waals surface area contributed by atoms with Crippen molar-refractivity contribution in [2.45, 2.75) is 18.9 Å². The van der Waals surface area contributed by atoms with E-state index < -0.39 is 0 Å². The van der Waals surface area contributed by atoms with Gasteiger partial charge in [-0.25, -0.2) is 0 Å². The Morgan fingerprint density at radius 2 is 1.86 bits per heavy atom. The van der Waals surface area contributed by atoms with E-state index >= 15 is 0 Å². The molecule has 1 unspecified atom stereocenters. The molecule has 0 amide bonds. The average molecular weight is 333 g/mol. The Kier molecular flexibility index (Phi) is 3.77. The summed E-state index contributed by atoms with van der Waals surface area (Å²) in [6.07, 6.45) is 2.32. The summed E-state index contributed by atoms with van der Waals surface area (Å²) in [4.78, 5) is 2.55. The second kappa shape index (κ2) is 5.77. The molecule has 0 aromatic heterocycles. The molecule has 1 fully saturated rings. The van der Waals surface area contributed by atoms with Crippen molar-refractivity contribution in [3.8, 4) is 11.1 Å². The predicted octanol–water partition coefficient (Wildman–Crippen LogP) is 4.38. The lowest BCUT2D eigenvalue weighted by Crippen LogP contribution is -2.32. The fraction of sp³-hybridized carbons (Fsp3) is 0.333. The number of benzene rings is 2. The van der Waals surface area contributed by atoms with Crippen molar-refractivity contribution in [1.82, 2.24) is 5.32 Å². The first-order chi connectivity index (χ1) is 10.7. The van der Waals surface area contributed by atoms with Crippen LogP contribution < -0.4 is 10.2 Å². The van der Waals surface area contributed by atoms with Gasteiger partial charge in [-0.2, -0.15) is 0 Å². The van der Waals surface area contributed by atoms with Crippen LogP contribution in [-0.4, -0.2) is 25.7 Å². The van der Waals surface area contributed by atoms with Crippen molar-refractivity contribution < 1.29 is 0 Å². The number of anilines is 1. The third-order valence-corrected chi connectivity index (χ3v) is 5.35. The molecule has 0 spiro atoms. The van der Waals surface area contributed by atoms with E-state index in [2.05, 4.69) is 28.4 Å². The van der Waals surface area contributed by atoms with Crippen LogP contribution in [0.15, 0.2) is 36.4 Å². The molecule has 0 saturated carbocycles. The van der Waals surface area contributed by atoms with Crippen molar-refractivity contribution in [2.75, 3.05) is 24.5 Å². The van der Waals surface area contributed by atoms with Crippen LogP contribution in [0.1, 0.15) is 12.0 Å². The van der Waals surface area contributed by atoms with Crippen molar-refractivity contribution >= 4 is 28.9 Å². The monoisotopic (exact) mass is 332 g/mol. The van der Waals surface area contributed by atoms with Gasteiger partial charge in [0, 0.05) is 40.4 Å². The van der Waals surface area contributed by atoms with Gasteiger partial charge in [0.05, 0.1) is 0 Å². The van der Waals surface area contributed by atoms with E-state index in [1.54, 1.807) is 0 Å². The highest BCUT2D eigenvalue weighted by Crippen LogP contribution is 2.40. The van der Waals surface area contributed by atoms with Crippen LogP contribution in [0.5, 0.6) is 0 Å². The predicted molar refractivity (Wildman–Crippen MR) is 94.2 cm³/mol. The summed E-state index contributed by atoms with van der Waals surface area (Å²) in [6, 6.07) is 13.0. The first-order valence-electron chi connectivity index (χ1n) is 7.79. The lowest BCUT2D eigenvalue weighted by Gasteiger charge is -2.24. The van der Waals surface area contributed by atoms with E-state index in [9.17, 15) is 0 Å². The Hall–Kier alpha value is -1.22. The Morgan fingerprint density at radius 3 is 2.68 bits per heavy atom. The normalized spacial score (nSPS) is 20.5. The van der Waals surface area contributed by atoms with Gasteiger partial charge in [0.2, 0.25) is 0 Å². The Labute approximate surface area is 141 Å². The highest BCUT2D eigenvalue weighted by atomic mass is 35.5. The molecular weight excluding hydrogens is 315 g/mol. The summed E-state index contributed by atoms with van der Waals surface area (Å²) < 4.78 is 0. The first kappa shape index (κ1) is 14.4. The van der Waals surface area contributed by atoms with Gasteiger partial charge in [-0.1, -0.05) is 35.3 Å². The number of nitrogens with zero attached hydrogens (tertiary/aromatic N) is 1. The Bertz CT molecular complexity index is 694. The van der Waals surface area contributed by atoms with Gasteiger partial charge in [-0.05, 0) is 54.8 Å². The minimum Gasteiger partial charge on any atom is -0.367 e. The van der Waals surface area contributed by atoms with E-state index in [4.69, 9.17) is 23.2 Å². The molecule has 2 heterocycles. The van der Waals surface area contributed by atoms with Gasteiger partial charge < -0.3 is 10.2 Å². The van der Waals surface area contributed by atoms with Gasteiger partial charge in [0.15, 0.2) is 0 Å². The number of hydrogen-bond acceptors (Lipinski definition) is 2. The van der Waals surface area contributed by atoms with Gasteiger partial charge in [0.1, 0.15) is 0 Å². The Morgan fingerprint density at radius 1 is 1.05 bits per heavy atom. The van der Waals surface area contributed by atoms with Crippen molar-refractivity contribution in [2.24, 2.45) is 0 Å². The lowest BCUT2D eigenvalue weighted by atomic mass is 10.0. The number of fused-ring (bicyclic) bond motifs is 3. The van der Waals surface area contributed by atoms with Crippen LogP contribution in [0.25, 0.3) is 11.1 Å². The summed E-state index contributed by atoms with van der Waals surface area (Å²) in [7, 11) is 0. The van der Waals surface area contributed by atoms with Crippen LogP contribution in [-0.2, 0) is 6.42 Å². The molecule has 1 N–H and O–H groups in total. The van der Waals surface area contributed by atoms with Crippen LogP contribution >= 0.6 is 23.2 Å². The van der Waals surface area contributed by atoms with E-state index in [1.807, 2.05) is 18.2 Å². The first-order valence-corrected chi connectivity index (χ1v) is 8.54. The number of halogens is 2. The summed E-state index contributed by atoms with van der Waals surface area (Å²) in [5, 5.41) is 4.91. The zero-order chi connectivity index (χ0) is 15.1. The second-order valence-corrected chi connectivity index (χ2v) is 6.84. The van der Waals surface area contributed by atoms with Crippen LogP contribution in [0, 0.1) is 0 Å². The molecule has 1 atom stereocenters. The average Bonchev–Trinajstić information content (AvgIpc) is 2.68. The van der Waals surface area contributed by atoms with E-state index in [1.165, 1.54) is 17.7 Å². The quantitative estimate of drug-likeness (QED) is 0.833. The maximum Gasteiger partial charge on any atom is 0.0499 e. The van der Waals surface area contributed by atoms with Crippen molar-refractivity contribution in [3.05, 3.63) is 52.0 Å². The summed E-state index contributed by atoms with van der Waals surface area (Å²) >= 11 is 12.7. The molecule has 2 nitrogen and oxygen atoms in total. The third-order valence-electron chi connectivity index (χ3n) is 4.72. The van der Waals surface area contributed by atoms with Crippen molar-refractivity contribution in [3.63, 3.8) is 0 Å². The van der Waals surface area contributed by atoms with E-state index in [-0.39, 0.29) is 0 Å². The van der Waals surface area contributed by atoms with Crippen molar-refractivity contribution in [1.29, 1.82) is 0 Å². The lowest BCUT2D eigenvalue weighted by molar-refractivity contribution is 0.612. The van der Waals surface area contributed by atoms with Gasteiger partial charge in [-0.3, -0.25) is 0 Å². The smallest absolute Gasteiger partial charge is 0.0499 e. The molecule has 0 bridgehead atoms. The molecular formula is C18H18Cl2N2. The van der Waals surface area contributed by atoms with Gasteiger partial charge in [0.25, 0.3) is 0 Å². The molecule has 0 aliphatic carbocycles. The topological polar surface area (TPSA) is 15.3 Å². The molecule has 1 saturated heterocycles. The molecule has 2 aliphatic heterocycles. The highest BCUT2D eigenvalue weighted by molar-refractivity contribution is 6.39. The molecule has 2 aromatic rings. The summed E-state index contributed by atoms with van der Waals surface area (Å²) in [5.74, 6) is 0. The Balaban J connectivity index is 1.75. The molecule has 22 heavy (non-hydrogen) atoms. The maximum atomic E-state index is 6.36. The number of hydrogen-bond donors (Lipinski definition) is 1. The van der Waals surface area contributed by atoms with E-state index in [0.29, 0.717) is 16.1 Å². The zero-order valence-corrected chi connectivity index (χ0v) is 13.8. The molecule has 114 valence electrons. The van der Waals surface area contributed by atoms with Crippen LogP contribution in [0.4, 0.5) is 5.69 Å². The second-order valence-electron chi connectivity index (χ2n) is 6.03. The van der Waals surface area contributed by atoms with Gasteiger partial charge in [-0.15, -0.1) is 0 Å². The molecule has 0 radical (unpaired) electrons. The summed E-state index contributed by atoms with van der Waals surface area (Å²) in [6.45, 7) is 3.26. The maximum absolute atomic E-state index is 6.36. The summed E-state index contributed by atoms with van der Waals surface area (Å²) in [5.41, 5.74) is 4.85. The zero-order valence-electron chi connectivity index (χ0n) is 12.3. The fourth-order valence-corrected chi connectivity index (χ4v) is 4.29. The van der Waals surface area contributed by atoms with Crippen LogP contribution in [0.3, 0.4) is 0 Å². The molecule has 2 aliphatic rings. The SMILES string of the molecule is Clc1cccc(Cl)c1-c1ccc2c(c1)CC1CCNCCN21. The minimum atomic E-state index is 0.627.